The summed E-state index contributed by atoms with van der Waals surface area (Å²) in [5, 5.41) is 0. The van der Waals surface area contributed by atoms with Crippen LogP contribution in [-0.4, -0.2) is 73.4 Å². The first-order chi connectivity index (χ1) is 9.49. The molecule has 8 heteroatoms. The topological polar surface area (TPSA) is 54.0 Å². The molecule has 0 aliphatic rings. The van der Waals surface area contributed by atoms with Crippen molar-refractivity contribution in [2.24, 2.45) is 0 Å². The molecule has 0 aliphatic carbocycles. The van der Waals surface area contributed by atoms with Crippen LogP contribution in [0.3, 0.4) is 0 Å². The number of ether oxygens (including phenoxy) is 1. The van der Waals surface area contributed by atoms with Crippen molar-refractivity contribution in [2.45, 2.75) is 38.8 Å². The first-order valence-corrected chi connectivity index (χ1v) is 9.12. The van der Waals surface area contributed by atoms with E-state index in [-0.39, 0.29) is 23.0 Å². The van der Waals surface area contributed by atoms with Gasteiger partial charge in [0.25, 0.3) is 0 Å². The lowest BCUT2D eigenvalue weighted by Gasteiger charge is -2.31. The Morgan fingerprint density at radius 3 is 1.86 bits per heavy atom. The molecule has 0 spiro atoms. The normalized spacial score (nSPS) is 12.7. The van der Waals surface area contributed by atoms with E-state index < -0.39 is 14.4 Å². The molecule has 0 aromatic rings. The van der Waals surface area contributed by atoms with Crippen molar-refractivity contribution in [1.29, 1.82) is 0 Å². The number of nitrogens with zero attached hydrogens (tertiary/aromatic N) is 1. The van der Waals surface area contributed by atoms with Crippen molar-refractivity contribution >= 4 is 14.8 Å². The zero-order valence-electron chi connectivity index (χ0n) is 15.2. The molecular weight excluding hydrogens is 370 g/mol. The highest BCUT2D eigenvalue weighted by Gasteiger charge is 2.38. The molecule has 0 saturated heterocycles. The van der Waals surface area contributed by atoms with Crippen LogP contribution in [0.25, 0.3) is 0 Å². The van der Waals surface area contributed by atoms with Gasteiger partial charge < -0.3 is 39.5 Å². The van der Waals surface area contributed by atoms with Gasteiger partial charge in [-0.2, -0.15) is 0 Å². The van der Waals surface area contributed by atoms with E-state index in [1.807, 2.05) is 34.9 Å². The summed E-state index contributed by atoms with van der Waals surface area (Å²) in [6.07, 6.45) is 0.859. The van der Waals surface area contributed by atoms with E-state index in [2.05, 4.69) is 0 Å². The highest BCUT2D eigenvalue weighted by molar-refractivity contribution is 6.60. The third-order valence-electron chi connectivity index (χ3n) is 3.16. The molecule has 0 unspecified atom stereocenters. The molecule has 0 aromatic carbocycles. The van der Waals surface area contributed by atoms with Crippen LogP contribution in [-0.2, 0) is 22.8 Å². The first-order valence-electron chi connectivity index (χ1n) is 7.18. The maximum atomic E-state index is 11.9. The second-order valence-electron chi connectivity index (χ2n) is 6.80. The van der Waals surface area contributed by atoms with E-state index in [0.717, 1.165) is 19.0 Å². The lowest BCUT2D eigenvalue weighted by molar-refractivity contribution is -0.883. The number of carbonyl (C=O) groups is 1. The van der Waals surface area contributed by atoms with Gasteiger partial charge in [-0.05, 0) is 20.8 Å². The minimum Gasteiger partial charge on any atom is -1.00 e. The molecule has 22 heavy (non-hydrogen) atoms. The highest BCUT2D eigenvalue weighted by Crippen LogP contribution is 2.17. The Balaban J connectivity index is 0. The Morgan fingerprint density at radius 2 is 1.50 bits per heavy atom. The summed E-state index contributed by atoms with van der Waals surface area (Å²) in [6, 6.07) is 0.729. The summed E-state index contributed by atoms with van der Waals surface area (Å²) in [5.41, 5.74) is -0.443. The minimum absolute atomic E-state index is 0. The van der Waals surface area contributed by atoms with E-state index in [1.54, 1.807) is 21.3 Å². The van der Waals surface area contributed by atoms with Crippen molar-refractivity contribution in [1.82, 2.24) is 0 Å². The monoisotopic (exact) mass is 401 g/mol. The Kier molecular flexibility index (Phi) is 11.0. The summed E-state index contributed by atoms with van der Waals surface area (Å²) < 4.78 is 22.1. The Labute approximate surface area is 146 Å². The quantitative estimate of drug-likeness (QED) is 0.272. The van der Waals surface area contributed by atoms with E-state index in [0.29, 0.717) is 11.0 Å². The van der Waals surface area contributed by atoms with Crippen LogP contribution in [0, 0.1) is 0 Å². The smallest absolute Gasteiger partial charge is 0.500 e. The van der Waals surface area contributed by atoms with Crippen LogP contribution in [0.1, 0.15) is 27.2 Å². The predicted octanol–water partition coefficient (Wildman–Crippen LogP) is -1.32. The van der Waals surface area contributed by atoms with Crippen molar-refractivity contribution in [3.63, 3.8) is 0 Å². The molecule has 0 fully saturated rings. The maximum absolute atomic E-state index is 11.9. The summed E-state index contributed by atoms with van der Waals surface area (Å²) in [6.45, 7) is 6.80. The first kappa shape index (κ1) is 24.3. The van der Waals surface area contributed by atoms with Crippen molar-refractivity contribution < 1.29 is 44.3 Å². The van der Waals surface area contributed by atoms with E-state index >= 15 is 0 Å². The minimum atomic E-state index is -2.52. The second-order valence-corrected chi connectivity index (χ2v) is 9.89. The Hall–Kier alpha value is 0.00688. The predicted molar refractivity (Wildman–Crippen MR) is 83.9 cm³/mol. The van der Waals surface area contributed by atoms with Gasteiger partial charge in [-0.25, -0.2) is 4.79 Å². The van der Waals surface area contributed by atoms with E-state index in [4.69, 9.17) is 18.0 Å². The molecule has 0 aromatic heterocycles. The fourth-order valence-corrected chi connectivity index (χ4v) is 3.79. The molecule has 6 nitrogen and oxygen atoms in total. The van der Waals surface area contributed by atoms with Gasteiger partial charge in [0.15, 0.2) is 6.54 Å². The average molecular weight is 402 g/mol. The van der Waals surface area contributed by atoms with Crippen LogP contribution in [0.5, 0.6) is 0 Å². The van der Waals surface area contributed by atoms with Crippen molar-refractivity contribution in [3.05, 3.63) is 0 Å². The van der Waals surface area contributed by atoms with Gasteiger partial charge >= 0.3 is 14.8 Å². The number of likely N-dealkylation sites (N-methyl/N-ethyl adjacent to an activating group) is 1. The Bertz CT molecular complexity index is 321. The Morgan fingerprint density at radius 1 is 1.05 bits per heavy atom. The molecule has 0 aliphatic heterocycles. The lowest BCUT2D eigenvalue weighted by atomic mass is 10.2. The number of hydrogen-bond acceptors (Lipinski definition) is 5. The van der Waals surface area contributed by atoms with Crippen molar-refractivity contribution in [2.75, 3.05) is 48.5 Å². The molecule has 134 valence electrons. The van der Waals surface area contributed by atoms with Gasteiger partial charge in [0, 0.05) is 33.8 Å². The number of rotatable bonds is 9. The number of quaternary nitrogens is 1. The molecule has 0 N–H and O–H groups in total. The summed E-state index contributed by atoms with van der Waals surface area (Å²) >= 11 is 0. The largest absolute Gasteiger partial charge is 1.00 e. The highest BCUT2D eigenvalue weighted by atomic mass is 79.9. The third kappa shape index (κ3) is 9.91. The third-order valence-corrected chi connectivity index (χ3v) is 5.99. The fourth-order valence-electron chi connectivity index (χ4n) is 2.08. The van der Waals surface area contributed by atoms with Crippen LogP contribution < -0.4 is 17.0 Å². The van der Waals surface area contributed by atoms with E-state index in [9.17, 15) is 4.79 Å². The van der Waals surface area contributed by atoms with Crippen LogP contribution in [0.4, 0.5) is 0 Å². The van der Waals surface area contributed by atoms with Crippen LogP contribution in [0.15, 0.2) is 0 Å². The summed E-state index contributed by atoms with van der Waals surface area (Å²) in [5.74, 6) is -0.179. The van der Waals surface area contributed by atoms with E-state index in [1.165, 1.54) is 0 Å². The van der Waals surface area contributed by atoms with Gasteiger partial charge in [-0.15, -0.1) is 0 Å². The fraction of sp³-hybridized carbons (Fsp3) is 0.929. The van der Waals surface area contributed by atoms with Gasteiger partial charge in [0.05, 0.1) is 20.6 Å². The van der Waals surface area contributed by atoms with Gasteiger partial charge in [0.1, 0.15) is 5.60 Å². The van der Waals surface area contributed by atoms with Crippen LogP contribution in [0.2, 0.25) is 6.04 Å². The molecule has 0 bridgehead atoms. The summed E-state index contributed by atoms with van der Waals surface area (Å²) in [7, 11) is 6.34. The number of esters is 1. The second kappa shape index (κ2) is 9.99. The molecule has 0 amide bonds. The molecule has 0 rings (SSSR count). The molecule has 0 atom stereocenters. The number of halogens is 1. The van der Waals surface area contributed by atoms with Crippen molar-refractivity contribution in [3.8, 4) is 0 Å². The standard InChI is InChI=1S/C14H32NO5Si.BrH/c1-14(2,3)20-13(16)12-15(4,5)10-9-11-21(17-6,18-7)19-8;/h9-12H2,1-8H3;1H/q+1;/p-1. The van der Waals surface area contributed by atoms with Gasteiger partial charge in [-0.1, -0.05) is 0 Å². The zero-order valence-corrected chi connectivity index (χ0v) is 17.8. The zero-order chi connectivity index (χ0) is 16.7. The van der Waals surface area contributed by atoms with Gasteiger partial charge in [-0.3, -0.25) is 0 Å². The molecule has 0 heterocycles. The maximum Gasteiger partial charge on any atom is 0.500 e. The lowest BCUT2D eigenvalue weighted by Crippen LogP contribution is -3.00. The van der Waals surface area contributed by atoms with Gasteiger partial charge in [0.2, 0.25) is 0 Å². The summed E-state index contributed by atoms with van der Waals surface area (Å²) in [4.78, 5) is 11.9. The molecular formula is C14H32BrNO5Si. The van der Waals surface area contributed by atoms with Crippen LogP contribution >= 0.6 is 0 Å². The average Bonchev–Trinajstić information content (AvgIpc) is 2.32. The molecule has 0 saturated carbocycles. The molecule has 0 radical (unpaired) electrons. The SMILES string of the molecule is CO[Si](CCC[N+](C)(C)CC(=O)OC(C)(C)C)(OC)OC.[Br-]. The number of hydrogen-bond donors (Lipinski definition) is 0. The number of carbonyl (C=O) groups excluding carboxylic acids is 1.